The van der Waals surface area contributed by atoms with E-state index in [0.717, 1.165) is 28.2 Å². The average Bonchev–Trinajstić information content (AvgIpc) is 3.20. The fourth-order valence-electron chi connectivity index (χ4n) is 4.73. The number of carbonyl (C=O) groups excluding carboxylic acids is 2. The minimum atomic E-state index is -1.21. The predicted octanol–water partition coefficient (Wildman–Crippen LogP) is 4.03. The van der Waals surface area contributed by atoms with E-state index in [1.807, 2.05) is 55.5 Å². The molecule has 2 aliphatic rings. The molecule has 0 saturated carbocycles. The van der Waals surface area contributed by atoms with Gasteiger partial charge in [0, 0.05) is 12.6 Å². The number of carboxylic acids is 1. The Balaban J connectivity index is 1.88. The third-order valence-corrected chi connectivity index (χ3v) is 7.28. The third kappa shape index (κ3) is 2.26. The van der Waals surface area contributed by atoms with E-state index in [2.05, 4.69) is 5.32 Å². The number of carboxylic acid groups (broad SMARTS) is 1. The number of nitrogens with one attached hydrogen (secondary N) is 1. The SMILES string of the molecule is Cc1cccc2c1N(C)C(=O)[C@@]21CC(=O)Nc2c1sc(C(=O)O)c2-c1ccccc1. The summed E-state index contributed by atoms with van der Waals surface area (Å²) in [7, 11) is 1.71. The van der Waals surface area contributed by atoms with Gasteiger partial charge in [-0.05, 0) is 23.6 Å². The Kier molecular flexibility index (Phi) is 3.88. The highest BCUT2D eigenvalue weighted by Crippen LogP contribution is 2.57. The third-order valence-electron chi connectivity index (χ3n) is 5.95. The van der Waals surface area contributed by atoms with Crippen LogP contribution in [0, 0.1) is 6.92 Å². The van der Waals surface area contributed by atoms with Crippen LogP contribution in [0.5, 0.6) is 0 Å². The number of anilines is 2. The van der Waals surface area contributed by atoms with Crippen molar-refractivity contribution in [1.29, 1.82) is 0 Å². The van der Waals surface area contributed by atoms with Gasteiger partial charge < -0.3 is 15.3 Å². The topological polar surface area (TPSA) is 86.7 Å². The number of amides is 2. The number of fused-ring (bicyclic) bond motifs is 4. The zero-order valence-electron chi connectivity index (χ0n) is 16.4. The lowest BCUT2D eigenvalue weighted by atomic mass is 9.74. The van der Waals surface area contributed by atoms with Gasteiger partial charge in [-0.3, -0.25) is 9.59 Å². The second-order valence-electron chi connectivity index (χ2n) is 7.65. The van der Waals surface area contributed by atoms with Crippen molar-refractivity contribution in [1.82, 2.24) is 0 Å². The number of aryl methyl sites for hydroxylation is 1. The normalized spacial score (nSPS) is 19.6. The average molecular weight is 418 g/mol. The molecule has 2 amide bonds. The lowest BCUT2D eigenvalue weighted by Crippen LogP contribution is -2.45. The van der Waals surface area contributed by atoms with Crippen molar-refractivity contribution in [3.63, 3.8) is 0 Å². The van der Waals surface area contributed by atoms with Crippen molar-refractivity contribution in [2.75, 3.05) is 17.3 Å². The Morgan fingerprint density at radius 2 is 1.87 bits per heavy atom. The molecule has 3 aromatic rings. The summed E-state index contributed by atoms with van der Waals surface area (Å²) in [4.78, 5) is 40.9. The number of nitrogens with zero attached hydrogens (tertiary/aromatic N) is 1. The number of thiophene rings is 1. The highest BCUT2D eigenvalue weighted by Gasteiger charge is 2.57. The molecular formula is C23H18N2O4S. The van der Waals surface area contributed by atoms with Crippen LogP contribution in [0.3, 0.4) is 0 Å². The minimum absolute atomic E-state index is 0.0482. The van der Waals surface area contributed by atoms with Gasteiger partial charge in [0.05, 0.1) is 22.7 Å². The second kappa shape index (κ2) is 6.27. The number of carbonyl (C=O) groups is 3. The molecule has 2 N–H and O–H groups in total. The highest BCUT2D eigenvalue weighted by atomic mass is 32.1. The molecule has 1 aromatic heterocycles. The van der Waals surface area contributed by atoms with Gasteiger partial charge in [0.2, 0.25) is 11.8 Å². The maximum atomic E-state index is 13.6. The van der Waals surface area contributed by atoms with Gasteiger partial charge in [-0.1, -0.05) is 48.5 Å². The summed E-state index contributed by atoms with van der Waals surface area (Å²) in [5.41, 5.74) is 2.83. The number of rotatable bonds is 2. The van der Waals surface area contributed by atoms with Gasteiger partial charge >= 0.3 is 5.97 Å². The first-order chi connectivity index (χ1) is 14.4. The lowest BCUT2D eigenvalue weighted by Gasteiger charge is -2.32. The van der Waals surface area contributed by atoms with Crippen molar-refractivity contribution >= 4 is 40.5 Å². The van der Waals surface area contributed by atoms with Crippen LogP contribution < -0.4 is 10.2 Å². The smallest absolute Gasteiger partial charge is 0.346 e. The Hall–Kier alpha value is -3.45. The van der Waals surface area contributed by atoms with E-state index in [4.69, 9.17) is 0 Å². The van der Waals surface area contributed by atoms with Crippen LogP contribution in [0.4, 0.5) is 11.4 Å². The fourth-order valence-corrected chi connectivity index (χ4v) is 6.04. The quantitative estimate of drug-likeness (QED) is 0.658. The molecular weight excluding hydrogens is 400 g/mol. The first-order valence-electron chi connectivity index (χ1n) is 9.50. The Morgan fingerprint density at radius 1 is 1.13 bits per heavy atom. The van der Waals surface area contributed by atoms with E-state index >= 15 is 0 Å². The van der Waals surface area contributed by atoms with Gasteiger partial charge in [0.25, 0.3) is 0 Å². The Bertz CT molecular complexity index is 1250. The molecule has 2 aliphatic heterocycles. The summed E-state index contributed by atoms with van der Waals surface area (Å²) in [5, 5.41) is 12.8. The summed E-state index contributed by atoms with van der Waals surface area (Å²) in [6, 6.07) is 14.8. The van der Waals surface area contributed by atoms with Gasteiger partial charge in [-0.25, -0.2) is 4.79 Å². The maximum Gasteiger partial charge on any atom is 0.346 e. The molecule has 3 heterocycles. The molecule has 6 nitrogen and oxygen atoms in total. The van der Waals surface area contributed by atoms with Crippen LogP contribution in [0.2, 0.25) is 0 Å². The minimum Gasteiger partial charge on any atom is -0.477 e. The Labute approximate surface area is 176 Å². The van der Waals surface area contributed by atoms with E-state index in [1.54, 1.807) is 11.9 Å². The van der Waals surface area contributed by atoms with E-state index in [-0.39, 0.29) is 23.1 Å². The monoisotopic (exact) mass is 418 g/mol. The molecule has 5 rings (SSSR count). The van der Waals surface area contributed by atoms with Crippen molar-refractivity contribution in [2.45, 2.75) is 18.8 Å². The van der Waals surface area contributed by atoms with Crippen LogP contribution >= 0.6 is 11.3 Å². The first kappa shape index (κ1) is 18.6. The maximum absolute atomic E-state index is 13.6. The molecule has 1 spiro atoms. The number of benzene rings is 2. The van der Waals surface area contributed by atoms with E-state index < -0.39 is 11.4 Å². The zero-order valence-corrected chi connectivity index (χ0v) is 17.2. The first-order valence-corrected chi connectivity index (χ1v) is 10.3. The van der Waals surface area contributed by atoms with Crippen molar-refractivity contribution in [2.24, 2.45) is 0 Å². The van der Waals surface area contributed by atoms with Crippen molar-refractivity contribution in [3.8, 4) is 11.1 Å². The molecule has 2 aromatic carbocycles. The van der Waals surface area contributed by atoms with E-state index in [0.29, 0.717) is 21.7 Å². The van der Waals surface area contributed by atoms with Crippen LogP contribution in [0.25, 0.3) is 11.1 Å². The van der Waals surface area contributed by atoms with Crippen LogP contribution in [0.15, 0.2) is 48.5 Å². The van der Waals surface area contributed by atoms with Gasteiger partial charge in [-0.15, -0.1) is 11.3 Å². The standard InChI is InChI=1S/C23H18N2O4S/c1-12-7-6-10-14-18(12)25(2)22(29)23(14)11-15(26)24-17-16(13-8-4-3-5-9-13)19(21(27)28)30-20(17)23/h3-10H,11H2,1-2H3,(H,24,26)(H,27,28)/t23-/m0/s1. The largest absolute Gasteiger partial charge is 0.477 e. The summed E-state index contributed by atoms with van der Waals surface area (Å²) < 4.78 is 0. The molecule has 30 heavy (non-hydrogen) atoms. The summed E-state index contributed by atoms with van der Waals surface area (Å²) in [6.07, 6.45) is -0.0482. The fraction of sp³-hybridized carbons (Fsp3) is 0.174. The molecule has 0 aliphatic carbocycles. The lowest BCUT2D eigenvalue weighted by molar-refractivity contribution is -0.126. The number of aromatic carboxylic acids is 1. The predicted molar refractivity (Wildman–Crippen MR) is 115 cm³/mol. The summed E-state index contributed by atoms with van der Waals surface area (Å²) >= 11 is 1.08. The van der Waals surface area contributed by atoms with Crippen LogP contribution in [0.1, 0.15) is 32.1 Å². The number of para-hydroxylation sites is 1. The summed E-state index contributed by atoms with van der Waals surface area (Å²) in [6.45, 7) is 1.93. The van der Waals surface area contributed by atoms with Crippen molar-refractivity contribution in [3.05, 3.63) is 69.4 Å². The molecule has 0 fully saturated rings. The van der Waals surface area contributed by atoms with E-state index in [1.165, 1.54) is 0 Å². The molecule has 150 valence electrons. The van der Waals surface area contributed by atoms with E-state index in [9.17, 15) is 19.5 Å². The number of hydrogen-bond acceptors (Lipinski definition) is 4. The molecule has 7 heteroatoms. The molecule has 1 atom stereocenters. The highest BCUT2D eigenvalue weighted by molar-refractivity contribution is 7.15. The molecule has 0 radical (unpaired) electrons. The van der Waals surface area contributed by atoms with Gasteiger partial charge in [-0.2, -0.15) is 0 Å². The van der Waals surface area contributed by atoms with Gasteiger partial charge in [0.15, 0.2) is 0 Å². The summed E-state index contributed by atoms with van der Waals surface area (Å²) in [5.74, 6) is -1.59. The van der Waals surface area contributed by atoms with Crippen LogP contribution in [-0.4, -0.2) is 29.9 Å². The number of hydrogen-bond donors (Lipinski definition) is 2. The second-order valence-corrected chi connectivity index (χ2v) is 8.67. The molecule has 0 unspecified atom stereocenters. The Morgan fingerprint density at radius 3 is 2.57 bits per heavy atom. The molecule has 0 bridgehead atoms. The zero-order chi connectivity index (χ0) is 21.2. The van der Waals surface area contributed by atoms with Crippen LogP contribution in [-0.2, 0) is 15.0 Å². The number of likely N-dealkylation sites (N-methyl/N-ethyl adjacent to an activating group) is 1. The van der Waals surface area contributed by atoms with Crippen molar-refractivity contribution < 1.29 is 19.5 Å². The molecule has 0 saturated heterocycles. The van der Waals surface area contributed by atoms with Gasteiger partial charge in [0.1, 0.15) is 10.3 Å².